The highest BCUT2D eigenvalue weighted by atomic mass is 19.4. The number of nitrogens with one attached hydrogen (secondary N) is 1. The number of rotatable bonds is 4. The predicted octanol–water partition coefficient (Wildman–Crippen LogP) is 6.12. The van der Waals surface area contributed by atoms with Crippen molar-refractivity contribution in [1.29, 1.82) is 0 Å². The minimum Gasteiger partial charge on any atom is -0.306 e. The Labute approximate surface area is 177 Å². The van der Waals surface area contributed by atoms with E-state index in [4.69, 9.17) is 0 Å². The molecule has 0 saturated carbocycles. The monoisotopic (exact) mass is 421 g/mol. The number of hydrogen-bond donors (Lipinski definition) is 1. The summed E-state index contributed by atoms with van der Waals surface area (Å²) in [6.07, 6.45) is -4.53. The quantitative estimate of drug-likeness (QED) is 0.432. The van der Waals surface area contributed by atoms with Gasteiger partial charge in [-0.25, -0.2) is 4.68 Å². The van der Waals surface area contributed by atoms with Gasteiger partial charge in [0.1, 0.15) is 5.82 Å². The van der Waals surface area contributed by atoms with E-state index < -0.39 is 17.6 Å². The fraction of sp³-hybridized carbons (Fsp3) is 0.0833. The number of alkyl halides is 3. The lowest BCUT2D eigenvalue weighted by Crippen LogP contribution is -2.16. The third kappa shape index (κ3) is 4.50. The first-order chi connectivity index (χ1) is 14.8. The van der Waals surface area contributed by atoms with E-state index in [1.54, 1.807) is 10.7 Å². The molecule has 0 fully saturated rings. The van der Waals surface area contributed by atoms with Gasteiger partial charge >= 0.3 is 6.18 Å². The molecule has 3 aromatic carbocycles. The summed E-state index contributed by atoms with van der Waals surface area (Å²) in [4.78, 5) is 12.7. The summed E-state index contributed by atoms with van der Waals surface area (Å²) in [6, 6.07) is 22.9. The second-order valence-corrected chi connectivity index (χ2v) is 7.06. The molecule has 0 atom stereocenters. The van der Waals surface area contributed by atoms with Crippen molar-refractivity contribution in [2.45, 2.75) is 13.1 Å². The first-order valence-corrected chi connectivity index (χ1v) is 9.52. The molecule has 1 amide bonds. The molecule has 4 aromatic rings. The third-order valence-corrected chi connectivity index (χ3v) is 4.75. The van der Waals surface area contributed by atoms with Gasteiger partial charge in [0.15, 0.2) is 0 Å². The normalized spacial score (nSPS) is 11.4. The number of nitrogens with zero attached hydrogens (tertiary/aromatic N) is 2. The Balaban J connectivity index is 1.72. The van der Waals surface area contributed by atoms with Crippen LogP contribution < -0.4 is 5.32 Å². The van der Waals surface area contributed by atoms with Crippen molar-refractivity contribution in [2.75, 3.05) is 5.32 Å². The molecular weight excluding hydrogens is 403 g/mol. The Bertz CT molecular complexity index is 1210. The maximum Gasteiger partial charge on any atom is 0.416 e. The van der Waals surface area contributed by atoms with Gasteiger partial charge in [-0.2, -0.15) is 18.3 Å². The van der Waals surface area contributed by atoms with Gasteiger partial charge in [0.25, 0.3) is 5.91 Å². The van der Waals surface area contributed by atoms with Gasteiger partial charge in [0, 0.05) is 17.2 Å². The molecule has 1 N–H and O–H groups in total. The Morgan fingerprint density at radius 2 is 1.61 bits per heavy atom. The van der Waals surface area contributed by atoms with E-state index >= 15 is 0 Å². The summed E-state index contributed by atoms with van der Waals surface area (Å²) < 4.78 is 40.6. The molecule has 4 nitrogen and oxygen atoms in total. The summed E-state index contributed by atoms with van der Waals surface area (Å²) >= 11 is 0. The maximum atomic E-state index is 13.0. The van der Waals surface area contributed by atoms with E-state index in [1.165, 1.54) is 12.1 Å². The fourth-order valence-electron chi connectivity index (χ4n) is 3.13. The van der Waals surface area contributed by atoms with Crippen molar-refractivity contribution < 1.29 is 18.0 Å². The summed E-state index contributed by atoms with van der Waals surface area (Å²) in [5.74, 6) is -0.303. The average molecular weight is 421 g/mol. The third-order valence-electron chi connectivity index (χ3n) is 4.75. The second-order valence-electron chi connectivity index (χ2n) is 7.06. The lowest BCUT2D eigenvalue weighted by atomic mass is 10.1. The largest absolute Gasteiger partial charge is 0.416 e. The second kappa shape index (κ2) is 8.10. The van der Waals surface area contributed by atoms with Gasteiger partial charge in [-0.15, -0.1) is 0 Å². The van der Waals surface area contributed by atoms with Crippen LogP contribution in [0.25, 0.3) is 16.9 Å². The smallest absolute Gasteiger partial charge is 0.306 e. The van der Waals surface area contributed by atoms with E-state index in [2.05, 4.69) is 10.4 Å². The SMILES string of the molecule is Cc1ccc(-c2cc(NC(=O)c3cccc(C(F)(F)F)c3)n(-c3ccccc3)n2)cc1. The van der Waals surface area contributed by atoms with Gasteiger partial charge in [-0.1, -0.05) is 54.1 Å². The Hall–Kier alpha value is -3.87. The number of carbonyl (C=O) groups excluding carboxylic acids is 1. The molecular formula is C24H18F3N3O. The first kappa shape index (κ1) is 20.4. The number of aromatic nitrogens is 2. The van der Waals surface area contributed by atoms with Gasteiger partial charge in [0.05, 0.1) is 16.9 Å². The predicted molar refractivity (Wildman–Crippen MR) is 113 cm³/mol. The van der Waals surface area contributed by atoms with Gasteiger partial charge < -0.3 is 5.32 Å². The lowest BCUT2D eigenvalue weighted by molar-refractivity contribution is -0.137. The molecule has 0 radical (unpaired) electrons. The number of carbonyl (C=O) groups is 1. The van der Waals surface area contributed by atoms with Crippen LogP contribution in [-0.2, 0) is 6.18 Å². The zero-order valence-electron chi connectivity index (χ0n) is 16.5. The molecule has 156 valence electrons. The number of hydrogen-bond acceptors (Lipinski definition) is 2. The topological polar surface area (TPSA) is 46.9 Å². The minimum absolute atomic E-state index is 0.0903. The standard InChI is InChI=1S/C24H18F3N3O/c1-16-10-12-17(13-11-16)21-15-22(30(29-21)20-8-3-2-4-9-20)28-23(31)18-6-5-7-19(14-18)24(25,26)27/h2-15H,1H3,(H,28,31). The molecule has 31 heavy (non-hydrogen) atoms. The minimum atomic E-state index is -4.53. The molecule has 0 aliphatic rings. The molecule has 0 spiro atoms. The molecule has 0 bridgehead atoms. The molecule has 0 aliphatic heterocycles. The molecule has 0 saturated heterocycles. The first-order valence-electron chi connectivity index (χ1n) is 9.52. The Morgan fingerprint density at radius 1 is 0.903 bits per heavy atom. The van der Waals surface area contributed by atoms with Crippen molar-refractivity contribution in [3.8, 4) is 16.9 Å². The summed E-state index contributed by atoms with van der Waals surface area (Å²) in [7, 11) is 0. The van der Waals surface area contributed by atoms with Crippen LogP contribution in [0.1, 0.15) is 21.5 Å². The fourth-order valence-corrected chi connectivity index (χ4v) is 3.13. The van der Waals surface area contributed by atoms with E-state index in [-0.39, 0.29) is 5.56 Å². The lowest BCUT2D eigenvalue weighted by Gasteiger charge is -2.10. The van der Waals surface area contributed by atoms with Crippen molar-refractivity contribution in [3.63, 3.8) is 0 Å². The Kier molecular flexibility index (Phi) is 5.33. The van der Waals surface area contributed by atoms with Gasteiger partial charge in [0.2, 0.25) is 0 Å². The molecule has 0 unspecified atom stereocenters. The molecule has 1 heterocycles. The van der Waals surface area contributed by atoms with Crippen molar-refractivity contribution >= 4 is 11.7 Å². The zero-order chi connectivity index (χ0) is 22.0. The van der Waals surface area contributed by atoms with Crippen LogP contribution >= 0.6 is 0 Å². The molecule has 7 heteroatoms. The molecule has 1 aromatic heterocycles. The molecule has 0 aliphatic carbocycles. The summed E-state index contributed by atoms with van der Waals surface area (Å²) in [5.41, 5.74) is 2.33. The van der Waals surface area contributed by atoms with Crippen molar-refractivity contribution in [2.24, 2.45) is 0 Å². The van der Waals surface area contributed by atoms with Crippen molar-refractivity contribution in [1.82, 2.24) is 9.78 Å². The summed E-state index contributed by atoms with van der Waals surface area (Å²) in [5, 5.41) is 7.31. The van der Waals surface area contributed by atoms with E-state index in [0.29, 0.717) is 17.2 Å². The van der Waals surface area contributed by atoms with Crippen molar-refractivity contribution in [3.05, 3.63) is 102 Å². The number of amides is 1. The van der Waals surface area contributed by atoms with Crippen LogP contribution in [0.4, 0.5) is 19.0 Å². The number of halogens is 3. The van der Waals surface area contributed by atoms with Gasteiger partial charge in [-0.05, 0) is 37.3 Å². The van der Waals surface area contributed by atoms with Crippen LogP contribution in [0.15, 0.2) is 84.9 Å². The number of anilines is 1. The van der Waals surface area contributed by atoms with Crippen LogP contribution in [0.2, 0.25) is 0 Å². The Morgan fingerprint density at radius 3 is 2.29 bits per heavy atom. The van der Waals surface area contributed by atoms with Crippen LogP contribution in [0.3, 0.4) is 0 Å². The van der Waals surface area contributed by atoms with E-state index in [9.17, 15) is 18.0 Å². The van der Waals surface area contributed by atoms with Crippen LogP contribution in [0, 0.1) is 6.92 Å². The van der Waals surface area contributed by atoms with E-state index in [0.717, 1.165) is 23.3 Å². The number of para-hydroxylation sites is 1. The molecule has 4 rings (SSSR count). The van der Waals surface area contributed by atoms with Gasteiger partial charge in [-0.3, -0.25) is 4.79 Å². The average Bonchev–Trinajstić information content (AvgIpc) is 3.18. The highest BCUT2D eigenvalue weighted by Gasteiger charge is 2.31. The number of aryl methyl sites for hydroxylation is 1. The number of benzene rings is 3. The van der Waals surface area contributed by atoms with Crippen LogP contribution in [-0.4, -0.2) is 15.7 Å². The summed E-state index contributed by atoms with van der Waals surface area (Å²) in [6.45, 7) is 1.98. The van der Waals surface area contributed by atoms with Crippen LogP contribution in [0.5, 0.6) is 0 Å². The zero-order valence-corrected chi connectivity index (χ0v) is 16.5. The highest BCUT2D eigenvalue weighted by Crippen LogP contribution is 2.30. The maximum absolute atomic E-state index is 13.0. The van der Waals surface area contributed by atoms with E-state index in [1.807, 2.05) is 61.5 Å². The highest BCUT2D eigenvalue weighted by molar-refractivity contribution is 6.04.